The van der Waals surface area contributed by atoms with E-state index in [9.17, 15) is 0 Å². The first-order valence-corrected chi connectivity index (χ1v) is 8.86. The second kappa shape index (κ2) is 7.39. The molecule has 1 heterocycles. The Hall–Kier alpha value is -0.640. The van der Waals surface area contributed by atoms with Crippen LogP contribution < -0.4 is 5.32 Å². The zero-order chi connectivity index (χ0) is 14.5. The van der Waals surface area contributed by atoms with Gasteiger partial charge in [0, 0.05) is 25.8 Å². The Balaban J connectivity index is 2.30. The van der Waals surface area contributed by atoms with Gasteiger partial charge in [-0.05, 0) is 53.5 Å². The Morgan fingerprint density at radius 3 is 2.70 bits per heavy atom. The van der Waals surface area contributed by atoms with Gasteiger partial charge in [-0.15, -0.1) is 11.3 Å². The first-order valence-electron chi connectivity index (χ1n) is 7.26. The molecular formula is C17H22BrNS. The minimum atomic E-state index is 0.493. The number of nitrogens with one attached hydrogen (secondary N) is 1. The highest BCUT2D eigenvalue weighted by Crippen LogP contribution is 2.37. The zero-order valence-electron chi connectivity index (χ0n) is 12.4. The van der Waals surface area contributed by atoms with Crippen LogP contribution in [0.3, 0.4) is 0 Å². The Morgan fingerprint density at radius 2 is 2.00 bits per heavy atom. The highest BCUT2D eigenvalue weighted by Gasteiger charge is 2.14. The maximum atomic E-state index is 3.72. The van der Waals surface area contributed by atoms with Gasteiger partial charge >= 0.3 is 0 Å². The lowest BCUT2D eigenvalue weighted by Gasteiger charge is -2.15. The number of aryl methyl sites for hydroxylation is 1. The van der Waals surface area contributed by atoms with E-state index in [1.807, 2.05) is 11.3 Å². The number of hydrogen-bond acceptors (Lipinski definition) is 2. The molecule has 1 aromatic carbocycles. The smallest absolute Gasteiger partial charge is 0.0414 e. The standard InChI is InChI=1S/C17H22BrNS/c1-4-7-14(19-5-2)16-11-10-15(20-16)13-9-6-8-12(3)17(13)18/h6,8-11,14,19H,4-5,7H2,1-3H3. The topological polar surface area (TPSA) is 12.0 Å². The molecule has 0 fully saturated rings. The zero-order valence-corrected chi connectivity index (χ0v) is 14.8. The number of thiophene rings is 1. The summed E-state index contributed by atoms with van der Waals surface area (Å²) in [6, 6.07) is 11.5. The van der Waals surface area contributed by atoms with Crippen LogP contribution in [0.4, 0.5) is 0 Å². The molecule has 0 saturated carbocycles. The van der Waals surface area contributed by atoms with Crippen molar-refractivity contribution < 1.29 is 0 Å². The Labute approximate surface area is 134 Å². The van der Waals surface area contributed by atoms with Gasteiger partial charge in [-0.2, -0.15) is 0 Å². The molecule has 3 heteroatoms. The molecule has 0 aliphatic rings. The predicted octanol–water partition coefficient (Wildman–Crippen LogP) is 5.94. The van der Waals surface area contributed by atoms with Gasteiger partial charge in [0.2, 0.25) is 0 Å². The number of benzene rings is 1. The molecule has 108 valence electrons. The summed E-state index contributed by atoms with van der Waals surface area (Å²) in [6.45, 7) is 7.58. The fourth-order valence-electron chi connectivity index (χ4n) is 2.40. The molecule has 2 rings (SSSR count). The van der Waals surface area contributed by atoms with Crippen LogP contribution in [0.1, 0.15) is 43.2 Å². The lowest BCUT2D eigenvalue weighted by atomic mass is 10.1. The van der Waals surface area contributed by atoms with Crippen molar-refractivity contribution in [2.45, 2.75) is 39.7 Å². The lowest BCUT2D eigenvalue weighted by Crippen LogP contribution is -2.19. The maximum absolute atomic E-state index is 3.72. The minimum absolute atomic E-state index is 0.493. The monoisotopic (exact) mass is 351 g/mol. The van der Waals surface area contributed by atoms with E-state index in [0.29, 0.717) is 6.04 Å². The van der Waals surface area contributed by atoms with Gasteiger partial charge in [0.1, 0.15) is 0 Å². The van der Waals surface area contributed by atoms with Crippen molar-refractivity contribution in [2.75, 3.05) is 6.54 Å². The van der Waals surface area contributed by atoms with Crippen LogP contribution in [-0.2, 0) is 0 Å². The largest absolute Gasteiger partial charge is 0.310 e. The number of halogens is 1. The van der Waals surface area contributed by atoms with Gasteiger partial charge in [-0.25, -0.2) is 0 Å². The summed E-state index contributed by atoms with van der Waals surface area (Å²) in [7, 11) is 0. The van der Waals surface area contributed by atoms with Gasteiger partial charge in [-0.3, -0.25) is 0 Å². The van der Waals surface area contributed by atoms with Crippen molar-refractivity contribution >= 4 is 27.3 Å². The van der Waals surface area contributed by atoms with E-state index in [4.69, 9.17) is 0 Å². The molecule has 0 radical (unpaired) electrons. The van der Waals surface area contributed by atoms with Gasteiger partial charge in [0.15, 0.2) is 0 Å². The van der Waals surface area contributed by atoms with Gasteiger partial charge < -0.3 is 5.32 Å². The molecule has 1 nitrogen and oxygen atoms in total. The van der Waals surface area contributed by atoms with Crippen LogP contribution in [0.25, 0.3) is 10.4 Å². The first-order chi connectivity index (χ1) is 9.67. The molecule has 0 aliphatic carbocycles. The molecule has 0 bridgehead atoms. The molecule has 1 N–H and O–H groups in total. The summed E-state index contributed by atoms with van der Waals surface area (Å²) in [4.78, 5) is 2.78. The van der Waals surface area contributed by atoms with Crippen LogP contribution in [-0.4, -0.2) is 6.54 Å². The second-order valence-corrected chi connectivity index (χ2v) is 6.95. The SMILES string of the molecule is CCCC(NCC)c1ccc(-c2cccc(C)c2Br)s1. The van der Waals surface area contributed by atoms with E-state index >= 15 is 0 Å². The molecular weight excluding hydrogens is 330 g/mol. The molecule has 1 atom stereocenters. The van der Waals surface area contributed by atoms with E-state index < -0.39 is 0 Å². The third kappa shape index (κ3) is 3.51. The summed E-state index contributed by atoms with van der Waals surface area (Å²) in [5, 5.41) is 3.59. The van der Waals surface area contributed by atoms with Crippen molar-refractivity contribution in [3.63, 3.8) is 0 Å². The molecule has 2 aromatic rings. The van der Waals surface area contributed by atoms with E-state index in [-0.39, 0.29) is 0 Å². The van der Waals surface area contributed by atoms with Crippen molar-refractivity contribution in [1.82, 2.24) is 5.32 Å². The Bertz CT molecular complexity index is 556. The van der Waals surface area contributed by atoms with Crippen LogP contribution in [0, 0.1) is 6.92 Å². The summed E-state index contributed by atoms with van der Waals surface area (Å²) < 4.78 is 1.21. The summed E-state index contributed by atoms with van der Waals surface area (Å²) in [5.41, 5.74) is 2.59. The van der Waals surface area contributed by atoms with Gasteiger partial charge in [0.25, 0.3) is 0 Å². The summed E-state index contributed by atoms with van der Waals surface area (Å²) >= 11 is 5.62. The molecule has 1 aromatic heterocycles. The van der Waals surface area contributed by atoms with E-state index in [1.165, 1.54) is 38.2 Å². The van der Waals surface area contributed by atoms with Gasteiger partial charge in [-0.1, -0.05) is 38.5 Å². The normalized spacial score (nSPS) is 12.6. The van der Waals surface area contributed by atoms with Gasteiger partial charge in [0.05, 0.1) is 0 Å². The van der Waals surface area contributed by atoms with Crippen LogP contribution in [0.15, 0.2) is 34.8 Å². The third-order valence-electron chi connectivity index (χ3n) is 3.46. The molecule has 0 saturated heterocycles. The highest BCUT2D eigenvalue weighted by molar-refractivity contribution is 9.10. The first kappa shape index (κ1) is 15.7. The third-order valence-corrected chi connectivity index (χ3v) is 5.74. The van der Waals surface area contributed by atoms with Crippen molar-refractivity contribution in [1.29, 1.82) is 0 Å². The highest BCUT2D eigenvalue weighted by atomic mass is 79.9. The molecule has 0 spiro atoms. The molecule has 0 amide bonds. The molecule has 1 unspecified atom stereocenters. The Morgan fingerprint density at radius 1 is 1.20 bits per heavy atom. The van der Waals surface area contributed by atoms with E-state index in [2.05, 4.69) is 72.3 Å². The average molecular weight is 352 g/mol. The fourth-order valence-corrected chi connectivity index (χ4v) is 4.16. The fraction of sp³-hybridized carbons (Fsp3) is 0.412. The quantitative estimate of drug-likeness (QED) is 0.679. The average Bonchev–Trinajstić information content (AvgIpc) is 2.91. The number of rotatable bonds is 6. The van der Waals surface area contributed by atoms with Crippen LogP contribution in [0.2, 0.25) is 0 Å². The van der Waals surface area contributed by atoms with E-state index in [1.54, 1.807) is 0 Å². The second-order valence-electron chi connectivity index (χ2n) is 5.04. The van der Waals surface area contributed by atoms with E-state index in [0.717, 1.165) is 6.54 Å². The molecule has 20 heavy (non-hydrogen) atoms. The minimum Gasteiger partial charge on any atom is -0.310 e. The number of hydrogen-bond donors (Lipinski definition) is 1. The lowest BCUT2D eigenvalue weighted by molar-refractivity contribution is 0.516. The van der Waals surface area contributed by atoms with Crippen LogP contribution >= 0.6 is 27.3 Å². The van der Waals surface area contributed by atoms with Crippen molar-refractivity contribution in [2.24, 2.45) is 0 Å². The summed E-state index contributed by atoms with van der Waals surface area (Å²) in [5.74, 6) is 0. The summed E-state index contributed by atoms with van der Waals surface area (Å²) in [6.07, 6.45) is 2.40. The van der Waals surface area contributed by atoms with Crippen LogP contribution in [0.5, 0.6) is 0 Å². The predicted molar refractivity (Wildman–Crippen MR) is 93.5 cm³/mol. The maximum Gasteiger partial charge on any atom is 0.0414 e. The van der Waals surface area contributed by atoms with Crippen molar-refractivity contribution in [3.05, 3.63) is 45.2 Å². The molecule has 0 aliphatic heterocycles. The Kier molecular flexibility index (Phi) is 5.82. The van der Waals surface area contributed by atoms with Crippen molar-refractivity contribution in [3.8, 4) is 10.4 Å².